The summed E-state index contributed by atoms with van der Waals surface area (Å²) in [5, 5.41) is 11.1. The van der Waals surface area contributed by atoms with Crippen LogP contribution in [0.1, 0.15) is 43.1 Å². The number of fused-ring (bicyclic) bond motifs is 3. The second-order valence-electron chi connectivity index (χ2n) is 7.24. The van der Waals surface area contributed by atoms with Crippen molar-refractivity contribution in [1.29, 1.82) is 5.26 Å². The number of ketones is 1. The Morgan fingerprint density at radius 1 is 1.33 bits per heavy atom. The number of hydrogen-bond acceptors (Lipinski definition) is 3. The zero-order valence-corrected chi connectivity index (χ0v) is 13.7. The van der Waals surface area contributed by atoms with Crippen molar-refractivity contribution in [2.75, 3.05) is 6.54 Å². The number of rotatable bonds is 1. The molecule has 2 aromatic rings. The van der Waals surface area contributed by atoms with Crippen LogP contribution >= 0.6 is 0 Å². The maximum absolute atomic E-state index is 11.9. The number of carbonyl (C=O) groups excluding carboxylic acids is 1. The Balaban J connectivity index is 1.79. The van der Waals surface area contributed by atoms with Crippen LogP contribution in [0.25, 0.3) is 10.9 Å². The molecular weight excluding hydrogens is 298 g/mol. The predicted molar refractivity (Wildman–Crippen MR) is 91.2 cm³/mol. The van der Waals surface area contributed by atoms with E-state index in [0.717, 1.165) is 31.4 Å². The van der Waals surface area contributed by atoms with E-state index in [2.05, 4.69) is 46.0 Å². The minimum atomic E-state index is -0.133. The number of nitriles is 1. The van der Waals surface area contributed by atoms with Gasteiger partial charge in [0.2, 0.25) is 0 Å². The topological polar surface area (TPSA) is 49.0 Å². The van der Waals surface area contributed by atoms with Crippen molar-refractivity contribution >= 4 is 16.7 Å². The summed E-state index contributed by atoms with van der Waals surface area (Å²) in [7, 11) is 0. The third-order valence-electron chi connectivity index (χ3n) is 6.00. The molecule has 0 saturated carbocycles. The van der Waals surface area contributed by atoms with Crippen molar-refractivity contribution in [3.05, 3.63) is 47.3 Å². The van der Waals surface area contributed by atoms with Gasteiger partial charge in [-0.15, -0.1) is 0 Å². The molecule has 0 saturated heterocycles. The Hall–Kier alpha value is -2.54. The summed E-state index contributed by atoms with van der Waals surface area (Å²) in [6.45, 7) is 2.61. The Morgan fingerprint density at radius 3 is 2.96 bits per heavy atom. The fraction of sp³-hybridized carbons (Fsp3) is 0.400. The van der Waals surface area contributed by atoms with Crippen LogP contribution in [0, 0.1) is 17.2 Å². The summed E-state index contributed by atoms with van der Waals surface area (Å²) in [5.74, 6) is 0.522. The van der Waals surface area contributed by atoms with Crippen LogP contribution in [0.4, 0.5) is 0 Å². The molecule has 0 fully saturated rings. The molecule has 0 unspecified atom stereocenters. The lowest BCUT2D eigenvalue weighted by Gasteiger charge is -2.48. The highest BCUT2D eigenvalue weighted by Gasteiger charge is 2.45. The van der Waals surface area contributed by atoms with Crippen LogP contribution < -0.4 is 0 Å². The van der Waals surface area contributed by atoms with Crippen molar-refractivity contribution < 1.29 is 4.79 Å². The molecule has 3 aliphatic heterocycles. The summed E-state index contributed by atoms with van der Waals surface area (Å²) >= 11 is 0. The van der Waals surface area contributed by atoms with E-state index in [4.69, 9.17) is 0 Å². The number of aromatic nitrogens is 1. The van der Waals surface area contributed by atoms with Crippen LogP contribution in [-0.2, 0) is 11.2 Å². The van der Waals surface area contributed by atoms with Gasteiger partial charge in [0.05, 0.1) is 12.1 Å². The molecular formula is C20H19N3O. The largest absolute Gasteiger partial charge is 0.368 e. The zero-order valence-electron chi connectivity index (χ0n) is 13.7. The fourth-order valence-corrected chi connectivity index (χ4v) is 5.04. The lowest BCUT2D eigenvalue weighted by Crippen LogP contribution is -2.44. The average molecular weight is 317 g/mol. The SMILES string of the molecule is CC(=O)C1=CN2CCc3c4n(c5ccccc35)[C@H](C#N)C[C@@H](C1)[C@@H]42. The molecule has 120 valence electrons. The molecule has 0 bridgehead atoms. The molecule has 3 atom stereocenters. The summed E-state index contributed by atoms with van der Waals surface area (Å²) in [4.78, 5) is 14.3. The number of para-hydroxylation sites is 1. The van der Waals surface area contributed by atoms with Gasteiger partial charge >= 0.3 is 0 Å². The first-order valence-electron chi connectivity index (χ1n) is 8.67. The smallest absolute Gasteiger partial charge is 0.157 e. The second kappa shape index (κ2) is 4.73. The van der Waals surface area contributed by atoms with Gasteiger partial charge in [0.25, 0.3) is 0 Å². The van der Waals surface area contributed by atoms with Gasteiger partial charge in [0, 0.05) is 34.9 Å². The first kappa shape index (κ1) is 13.9. The zero-order chi connectivity index (χ0) is 16.4. The molecule has 0 N–H and O–H groups in total. The number of hydrogen-bond donors (Lipinski definition) is 0. The van der Waals surface area contributed by atoms with Crippen molar-refractivity contribution in [1.82, 2.24) is 9.47 Å². The summed E-state index contributed by atoms with van der Waals surface area (Å²) in [6, 6.07) is 11.2. The van der Waals surface area contributed by atoms with Gasteiger partial charge in [-0.2, -0.15) is 5.26 Å². The van der Waals surface area contributed by atoms with Crippen molar-refractivity contribution in [2.45, 2.75) is 38.3 Å². The van der Waals surface area contributed by atoms with Crippen LogP contribution in [0.15, 0.2) is 36.0 Å². The maximum Gasteiger partial charge on any atom is 0.157 e. The Bertz CT molecular complexity index is 946. The fourth-order valence-electron chi connectivity index (χ4n) is 5.04. The van der Waals surface area contributed by atoms with E-state index in [1.165, 1.54) is 22.2 Å². The highest BCUT2D eigenvalue weighted by molar-refractivity contribution is 5.93. The molecule has 0 amide bonds. The second-order valence-corrected chi connectivity index (χ2v) is 7.24. The quantitative estimate of drug-likeness (QED) is 0.809. The molecule has 3 aliphatic rings. The number of nitrogens with zero attached hydrogens (tertiary/aromatic N) is 3. The van der Waals surface area contributed by atoms with Gasteiger partial charge in [-0.1, -0.05) is 18.2 Å². The monoisotopic (exact) mass is 317 g/mol. The first-order chi connectivity index (χ1) is 11.7. The molecule has 0 radical (unpaired) electrons. The summed E-state index contributed by atoms with van der Waals surface area (Å²) < 4.78 is 2.28. The van der Waals surface area contributed by atoms with Crippen LogP contribution in [0.2, 0.25) is 0 Å². The Morgan fingerprint density at radius 2 is 2.17 bits per heavy atom. The minimum Gasteiger partial charge on any atom is -0.368 e. The Labute approximate surface area is 141 Å². The molecule has 4 nitrogen and oxygen atoms in total. The number of Topliss-reactive ketones (excluding diaryl/α,β-unsaturated/α-hetero) is 1. The number of allylic oxidation sites excluding steroid dienone is 1. The highest BCUT2D eigenvalue weighted by atomic mass is 16.1. The predicted octanol–water partition coefficient (Wildman–Crippen LogP) is 3.50. The number of carbonyl (C=O) groups is 1. The summed E-state index contributed by atoms with van der Waals surface area (Å²) in [6.07, 6.45) is 4.69. The van der Waals surface area contributed by atoms with Gasteiger partial charge in [-0.25, -0.2) is 0 Å². The molecule has 1 aromatic carbocycles. The first-order valence-corrected chi connectivity index (χ1v) is 8.67. The summed E-state index contributed by atoms with van der Waals surface area (Å²) in [5.41, 5.74) is 4.84. The van der Waals surface area contributed by atoms with E-state index in [0.29, 0.717) is 12.0 Å². The van der Waals surface area contributed by atoms with Crippen molar-refractivity contribution in [3.8, 4) is 6.07 Å². The number of benzene rings is 1. The normalized spacial score (nSPS) is 27.4. The lowest BCUT2D eigenvalue weighted by atomic mass is 9.76. The van der Waals surface area contributed by atoms with Gasteiger partial charge in [0.15, 0.2) is 5.78 Å². The molecule has 0 spiro atoms. The molecule has 24 heavy (non-hydrogen) atoms. The van der Waals surface area contributed by atoms with Gasteiger partial charge in [-0.3, -0.25) is 4.79 Å². The van der Waals surface area contributed by atoms with E-state index in [9.17, 15) is 10.1 Å². The van der Waals surface area contributed by atoms with E-state index >= 15 is 0 Å². The minimum absolute atomic E-state index is 0.133. The third-order valence-corrected chi connectivity index (χ3v) is 6.00. The van der Waals surface area contributed by atoms with E-state index in [-0.39, 0.29) is 11.8 Å². The van der Waals surface area contributed by atoms with Crippen LogP contribution in [0.5, 0.6) is 0 Å². The molecule has 4 heteroatoms. The average Bonchev–Trinajstić information content (AvgIpc) is 2.95. The third kappa shape index (κ3) is 1.65. The van der Waals surface area contributed by atoms with E-state index < -0.39 is 0 Å². The lowest BCUT2D eigenvalue weighted by molar-refractivity contribution is -0.114. The maximum atomic E-state index is 11.9. The molecule has 0 aliphatic carbocycles. The van der Waals surface area contributed by atoms with Gasteiger partial charge in [0.1, 0.15) is 6.04 Å². The molecule has 5 rings (SSSR count). The van der Waals surface area contributed by atoms with Crippen molar-refractivity contribution in [2.24, 2.45) is 5.92 Å². The Kier molecular flexibility index (Phi) is 2.73. The van der Waals surface area contributed by atoms with Gasteiger partial charge in [-0.05, 0) is 43.7 Å². The van der Waals surface area contributed by atoms with Crippen LogP contribution in [-0.4, -0.2) is 21.8 Å². The highest BCUT2D eigenvalue weighted by Crippen LogP contribution is 2.51. The van der Waals surface area contributed by atoms with Crippen LogP contribution in [0.3, 0.4) is 0 Å². The molecule has 4 heterocycles. The van der Waals surface area contributed by atoms with Crippen molar-refractivity contribution in [3.63, 3.8) is 0 Å². The van der Waals surface area contributed by atoms with E-state index in [1.807, 2.05) is 0 Å². The standard InChI is InChI=1S/C20H19N3O/c1-12(24)14-8-13-9-15(10-21)23-18-5-3-2-4-16(18)17-6-7-22(11-14)19(13)20(17)23/h2-5,11,13,15,19H,6-9H2,1H3/t13-,15+,19+/m1/s1. The molecule has 1 aromatic heterocycles. The van der Waals surface area contributed by atoms with E-state index in [1.54, 1.807) is 6.92 Å². The van der Waals surface area contributed by atoms with Gasteiger partial charge < -0.3 is 9.47 Å².